The van der Waals surface area contributed by atoms with Crippen LogP contribution in [0.1, 0.15) is 6.92 Å². The molecule has 0 bridgehead atoms. The number of hydrogen-bond acceptors (Lipinski definition) is 2. The van der Waals surface area contributed by atoms with Crippen LogP contribution in [0.3, 0.4) is 0 Å². The minimum Gasteiger partial charge on any atom is -0.464 e. The Labute approximate surface area is 119 Å². The van der Waals surface area contributed by atoms with Crippen LogP contribution in [0.2, 0.25) is 0 Å². The highest BCUT2D eigenvalue weighted by Gasteiger charge is 2.88. The summed E-state index contributed by atoms with van der Waals surface area (Å²) in [6, 6.07) is 0. The zero-order chi connectivity index (χ0) is 19.1. The van der Waals surface area contributed by atoms with Gasteiger partial charge in [0.1, 0.15) is 0 Å². The molecule has 0 aromatic heterocycles. The zero-order valence-electron chi connectivity index (χ0n) is 10.6. The monoisotopic (exact) mass is 374 g/mol. The van der Waals surface area contributed by atoms with E-state index in [2.05, 4.69) is 4.74 Å². The molecule has 0 amide bonds. The van der Waals surface area contributed by atoms with Crippen LogP contribution in [0, 0.1) is 0 Å². The Bertz CT molecular complexity index is 440. The van der Waals surface area contributed by atoms with Crippen LogP contribution < -0.4 is 0 Å². The summed E-state index contributed by atoms with van der Waals surface area (Å²) in [5, 5.41) is 0. The Morgan fingerprint density at radius 2 is 1.22 bits per heavy atom. The summed E-state index contributed by atoms with van der Waals surface area (Å²) in [6.07, 6.45) is -12.3. The molecule has 138 valence electrons. The number of esters is 1. The van der Waals surface area contributed by atoms with E-state index in [9.17, 15) is 57.5 Å². The van der Waals surface area contributed by atoms with E-state index in [1.165, 1.54) is 0 Å². The lowest BCUT2D eigenvalue weighted by Crippen LogP contribution is -2.69. The number of alkyl halides is 12. The molecule has 23 heavy (non-hydrogen) atoms. The van der Waals surface area contributed by atoms with Crippen molar-refractivity contribution in [3.05, 3.63) is 0 Å². The molecule has 2 nitrogen and oxygen atoms in total. The molecule has 0 unspecified atom stereocenters. The van der Waals surface area contributed by atoms with Gasteiger partial charge in [0, 0.05) is 0 Å². The highest BCUT2D eigenvalue weighted by Crippen LogP contribution is 2.58. The standard InChI is InChI=1S/C9H6F12O2/c1-2-23-4(22)3(10)5(11,12)6(13,14)7(15,16)8(17,18)9(19,20)21/h3H,2H2,1H3/t3-/m1/s1. The molecule has 0 N–H and O–H groups in total. The normalized spacial score (nSPS) is 16.2. The van der Waals surface area contributed by atoms with Crippen molar-refractivity contribution < 1.29 is 62.2 Å². The summed E-state index contributed by atoms with van der Waals surface area (Å²) in [5.41, 5.74) is 0. The fourth-order valence-corrected chi connectivity index (χ4v) is 1.11. The van der Waals surface area contributed by atoms with Crippen molar-refractivity contribution in [2.75, 3.05) is 6.61 Å². The predicted molar refractivity (Wildman–Crippen MR) is 47.4 cm³/mol. The first-order valence-corrected chi connectivity index (χ1v) is 5.28. The Morgan fingerprint density at radius 3 is 1.52 bits per heavy atom. The lowest BCUT2D eigenvalue weighted by atomic mass is 9.95. The van der Waals surface area contributed by atoms with Gasteiger partial charge >= 0.3 is 35.8 Å². The largest absolute Gasteiger partial charge is 0.464 e. The summed E-state index contributed by atoms with van der Waals surface area (Å²) < 4.78 is 154. The van der Waals surface area contributed by atoms with Crippen molar-refractivity contribution in [1.29, 1.82) is 0 Å². The van der Waals surface area contributed by atoms with Gasteiger partial charge in [-0.25, -0.2) is 9.18 Å². The smallest absolute Gasteiger partial charge is 0.460 e. The van der Waals surface area contributed by atoms with Crippen LogP contribution in [0.5, 0.6) is 0 Å². The van der Waals surface area contributed by atoms with Crippen molar-refractivity contribution in [1.82, 2.24) is 0 Å². The molecule has 0 aliphatic rings. The first-order valence-electron chi connectivity index (χ1n) is 5.28. The molecule has 0 aromatic carbocycles. The van der Waals surface area contributed by atoms with Gasteiger partial charge in [-0.15, -0.1) is 0 Å². The average molecular weight is 374 g/mol. The van der Waals surface area contributed by atoms with Gasteiger partial charge in [-0.1, -0.05) is 0 Å². The second-order valence-corrected chi connectivity index (χ2v) is 3.96. The molecule has 14 heteroatoms. The SMILES string of the molecule is CCOC(=O)[C@@H](F)C(F)(F)C(F)(F)C(F)(F)C(F)(F)C(F)(F)F. The number of ether oxygens (including phenoxy) is 1. The second-order valence-electron chi connectivity index (χ2n) is 3.96. The molecule has 0 aliphatic heterocycles. The zero-order valence-corrected chi connectivity index (χ0v) is 10.6. The average Bonchev–Trinajstić information content (AvgIpc) is 2.35. The number of halogens is 12. The topological polar surface area (TPSA) is 26.3 Å². The van der Waals surface area contributed by atoms with E-state index >= 15 is 0 Å². The second kappa shape index (κ2) is 5.92. The van der Waals surface area contributed by atoms with E-state index in [1.54, 1.807) is 0 Å². The summed E-state index contributed by atoms with van der Waals surface area (Å²) in [6.45, 7) is -0.0384. The molecule has 0 saturated heterocycles. The quantitative estimate of drug-likeness (QED) is 0.519. The maximum absolute atomic E-state index is 13.0. The predicted octanol–water partition coefficient (Wildman–Crippen LogP) is 3.99. The molecule has 1 atom stereocenters. The number of hydrogen-bond donors (Lipinski definition) is 0. The van der Waals surface area contributed by atoms with Crippen LogP contribution in [0.4, 0.5) is 52.7 Å². The first kappa shape index (κ1) is 21.6. The molecule has 0 heterocycles. The molecule has 0 fully saturated rings. The molecule has 0 saturated carbocycles. The van der Waals surface area contributed by atoms with E-state index in [4.69, 9.17) is 0 Å². The number of rotatable bonds is 6. The van der Waals surface area contributed by atoms with Gasteiger partial charge in [0.2, 0.25) is 0 Å². The molecule has 0 radical (unpaired) electrons. The van der Waals surface area contributed by atoms with Crippen molar-refractivity contribution in [2.45, 2.75) is 43.0 Å². The third-order valence-corrected chi connectivity index (χ3v) is 2.38. The first-order chi connectivity index (χ1) is 9.89. The van der Waals surface area contributed by atoms with Gasteiger partial charge < -0.3 is 4.74 Å². The van der Waals surface area contributed by atoms with Gasteiger partial charge in [-0.2, -0.15) is 48.3 Å². The Morgan fingerprint density at radius 1 is 0.826 bits per heavy atom. The molecular weight excluding hydrogens is 368 g/mol. The third-order valence-electron chi connectivity index (χ3n) is 2.38. The fourth-order valence-electron chi connectivity index (χ4n) is 1.11. The fraction of sp³-hybridized carbons (Fsp3) is 0.889. The van der Waals surface area contributed by atoms with Crippen LogP contribution in [0.15, 0.2) is 0 Å². The number of carbonyl (C=O) groups is 1. The van der Waals surface area contributed by atoms with E-state index in [0.29, 0.717) is 0 Å². The van der Waals surface area contributed by atoms with Crippen LogP contribution in [-0.2, 0) is 9.53 Å². The van der Waals surface area contributed by atoms with Crippen LogP contribution in [0.25, 0.3) is 0 Å². The van der Waals surface area contributed by atoms with E-state index in [1.807, 2.05) is 0 Å². The Kier molecular flexibility index (Phi) is 5.57. The summed E-state index contributed by atoms with van der Waals surface area (Å²) in [5.74, 6) is -32.7. The Balaban J connectivity index is 5.99. The molecule has 0 spiro atoms. The van der Waals surface area contributed by atoms with Gasteiger partial charge in [-0.3, -0.25) is 0 Å². The van der Waals surface area contributed by atoms with Gasteiger partial charge in [0.05, 0.1) is 6.61 Å². The molecule has 0 aliphatic carbocycles. The van der Waals surface area contributed by atoms with E-state index in [-0.39, 0.29) is 0 Å². The molecule has 0 rings (SSSR count). The summed E-state index contributed by atoms with van der Waals surface area (Å²) in [7, 11) is 0. The lowest BCUT2D eigenvalue weighted by Gasteiger charge is -2.37. The van der Waals surface area contributed by atoms with Crippen molar-refractivity contribution >= 4 is 5.97 Å². The minimum absolute atomic E-state index is 0.854. The Hall–Kier alpha value is -1.37. The third kappa shape index (κ3) is 3.16. The molecular formula is C9H6F12O2. The van der Waals surface area contributed by atoms with E-state index in [0.717, 1.165) is 6.92 Å². The van der Waals surface area contributed by atoms with Gasteiger partial charge in [0.25, 0.3) is 6.17 Å². The summed E-state index contributed by atoms with van der Waals surface area (Å²) in [4.78, 5) is 10.5. The van der Waals surface area contributed by atoms with Crippen molar-refractivity contribution in [2.24, 2.45) is 0 Å². The van der Waals surface area contributed by atoms with Crippen LogP contribution >= 0.6 is 0 Å². The maximum Gasteiger partial charge on any atom is 0.460 e. The van der Waals surface area contributed by atoms with Crippen molar-refractivity contribution in [3.63, 3.8) is 0 Å². The van der Waals surface area contributed by atoms with Crippen LogP contribution in [-0.4, -0.2) is 48.6 Å². The van der Waals surface area contributed by atoms with E-state index < -0.39 is 48.6 Å². The lowest BCUT2D eigenvalue weighted by molar-refractivity contribution is -0.425. The van der Waals surface area contributed by atoms with Gasteiger partial charge in [-0.05, 0) is 6.92 Å². The minimum atomic E-state index is -7.77. The van der Waals surface area contributed by atoms with Gasteiger partial charge in [0.15, 0.2) is 0 Å². The number of carbonyl (C=O) groups excluding carboxylic acids is 1. The highest BCUT2D eigenvalue weighted by atomic mass is 19.4. The summed E-state index contributed by atoms with van der Waals surface area (Å²) >= 11 is 0. The van der Waals surface area contributed by atoms with Crippen molar-refractivity contribution in [3.8, 4) is 0 Å². The molecule has 0 aromatic rings. The maximum atomic E-state index is 13.0. The highest BCUT2D eigenvalue weighted by molar-refractivity contribution is 5.76.